The minimum absolute atomic E-state index is 0.554. The van der Waals surface area contributed by atoms with Crippen molar-refractivity contribution in [2.45, 2.75) is 25.8 Å². The Morgan fingerprint density at radius 1 is 1.33 bits per heavy atom. The molecule has 1 aromatic rings. The van der Waals surface area contributed by atoms with Gasteiger partial charge in [-0.25, -0.2) is 0 Å². The van der Waals surface area contributed by atoms with E-state index in [0.29, 0.717) is 6.04 Å². The van der Waals surface area contributed by atoms with Crippen molar-refractivity contribution in [3.63, 3.8) is 0 Å². The van der Waals surface area contributed by atoms with E-state index in [2.05, 4.69) is 12.2 Å². The topological polar surface area (TPSA) is 21.3 Å². The first kappa shape index (κ1) is 12.3. The van der Waals surface area contributed by atoms with Crippen LogP contribution in [0.4, 0.5) is 0 Å². The van der Waals surface area contributed by atoms with Crippen molar-refractivity contribution in [1.29, 1.82) is 0 Å². The molecule has 0 saturated carbocycles. The van der Waals surface area contributed by atoms with E-state index in [9.17, 15) is 0 Å². The van der Waals surface area contributed by atoms with Gasteiger partial charge in [-0.1, -0.05) is 11.6 Å². The van der Waals surface area contributed by atoms with Crippen LogP contribution in [-0.4, -0.2) is 19.7 Å². The molecule has 3 heteroatoms. The maximum atomic E-state index is 5.77. The molecule has 1 rings (SSSR count). The van der Waals surface area contributed by atoms with E-state index in [4.69, 9.17) is 16.3 Å². The summed E-state index contributed by atoms with van der Waals surface area (Å²) in [5.41, 5.74) is 0. The fourth-order valence-electron chi connectivity index (χ4n) is 1.25. The predicted molar refractivity (Wildman–Crippen MR) is 64.7 cm³/mol. The van der Waals surface area contributed by atoms with Gasteiger partial charge in [0.05, 0.1) is 6.61 Å². The van der Waals surface area contributed by atoms with Crippen LogP contribution < -0.4 is 10.1 Å². The Labute approximate surface area is 96.6 Å². The number of rotatable bonds is 6. The number of ether oxygens (including phenoxy) is 1. The summed E-state index contributed by atoms with van der Waals surface area (Å²) in [6.07, 6.45) is 2.19. The summed E-state index contributed by atoms with van der Waals surface area (Å²) in [6.45, 7) is 2.93. The molecule has 2 nitrogen and oxygen atoms in total. The normalized spacial score (nSPS) is 12.5. The first-order valence-corrected chi connectivity index (χ1v) is 5.66. The lowest BCUT2D eigenvalue weighted by molar-refractivity contribution is 0.299. The average Bonchev–Trinajstić information content (AvgIpc) is 2.26. The van der Waals surface area contributed by atoms with Crippen molar-refractivity contribution in [3.8, 4) is 5.75 Å². The Kier molecular flexibility index (Phi) is 5.51. The van der Waals surface area contributed by atoms with Gasteiger partial charge in [0.2, 0.25) is 0 Å². The molecule has 1 N–H and O–H groups in total. The summed E-state index contributed by atoms with van der Waals surface area (Å²) < 4.78 is 5.57. The molecule has 0 saturated heterocycles. The molecule has 0 radical (unpaired) electrons. The molecule has 0 aromatic heterocycles. The third-order valence-electron chi connectivity index (χ3n) is 2.36. The zero-order valence-corrected chi connectivity index (χ0v) is 10.1. The highest BCUT2D eigenvalue weighted by Gasteiger charge is 1.98. The molecule has 0 spiro atoms. The number of nitrogens with one attached hydrogen (secondary N) is 1. The molecule has 1 atom stereocenters. The summed E-state index contributed by atoms with van der Waals surface area (Å²) in [5.74, 6) is 0.886. The summed E-state index contributed by atoms with van der Waals surface area (Å²) >= 11 is 5.77. The second-order valence-electron chi connectivity index (χ2n) is 3.63. The second kappa shape index (κ2) is 6.70. The van der Waals surface area contributed by atoms with Crippen molar-refractivity contribution in [2.24, 2.45) is 0 Å². The lowest BCUT2D eigenvalue weighted by atomic mass is 10.2. The SMILES string of the molecule is CNC(C)CCCOc1ccc(Cl)cc1. The van der Waals surface area contributed by atoms with Crippen molar-refractivity contribution in [3.05, 3.63) is 29.3 Å². The van der Waals surface area contributed by atoms with Crippen LogP contribution in [0.5, 0.6) is 5.75 Å². The Morgan fingerprint density at radius 2 is 2.00 bits per heavy atom. The quantitative estimate of drug-likeness (QED) is 0.755. The molecular weight excluding hydrogens is 210 g/mol. The number of hydrogen-bond donors (Lipinski definition) is 1. The molecule has 15 heavy (non-hydrogen) atoms. The highest BCUT2D eigenvalue weighted by molar-refractivity contribution is 6.30. The van der Waals surface area contributed by atoms with Gasteiger partial charge in [-0.3, -0.25) is 0 Å². The molecule has 0 bridgehead atoms. The van der Waals surface area contributed by atoms with Gasteiger partial charge in [-0.2, -0.15) is 0 Å². The van der Waals surface area contributed by atoms with Crippen LogP contribution in [0.25, 0.3) is 0 Å². The Bertz CT molecular complexity index is 273. The smallest absolute Gasteiger partial charge is 0.119 e. The van der Waals surface area contributed by atoms with E-state index in [0.717, 1.165) is 30.2 Å². The fourth-order valence-corrected chi connectivity index (χ4v) is 1.38. The van der Waals surface area contributed by atoms with Crippen molar-refractivity contribution >= 4 is 11.6 Å². The molecule has 84 valence electrons. The van der Waals surface area contributed by atoms with Crippen LogP contribution in [-0.2, 0) is 0 Å². The molecule has 0 fully saturated rings. The van der Waals surface area contributed by atoms with Gasteiger partial charge in [0, 0.05) is 11.1 Å². The van der Waals surface area contributed by atoms with Crippen molar-refractivity contribution in [1.82, 2.24) is 5.32 Å². The summed E-state index contributed by atoms with van der Waals surface area (Å²) in [4.78, 5) is 0. The van der Waals surface area contributed by atoms with Crippen LogP contribution in [0.1, 0.15) is 19.8 Å². The summed E-state index contributed by atoms with van der Waals surface area (Å²) in [6, 6.07) is 8.02. The molecule has 0 aliphatic carbocycles. The average molecular weight is 228 g/mol. The first-order valence-electron chi connectivity index (χ1n) is 5.28. The van der Waals surface area contributed by atoms with Crippen LogP contribution in [0.2, 0.25) is 5.02 Å². The number of hydrogen-bond acceptors (Lipinski definition) is 2. The standard InChI is InChI=1S/C12H18ClNO/c1-10(14-2)4-3-9-15-12-7-5-11(13)6-8-12/h5-8,10,14H,3-4,9H2,1-2H3. The minimum Gasteiger partial charge on any atom is -0.494 e. The van der Waals surface area contributed by atoms with Crippen LogP contribution >= 0.6 is 11.6 Å². The van der Waals surface area contributed by atoms with Gasteiger partial charge >= 0.3 is 0 Å². The molecule has 0 heterocycles. The monoisotopic (exact) mass is 227 g/mol. The number of benzene rings is 1. The van der Waals surface area contributed by atoms with E-state index < -0.39 is 0 Å². The largest absolute Gasteiger partial charge is 0.494 e. The van der Waals surface area contributed by atoms with Gasteiger partial charge in [0.1, 0.15) is 5.75 Å². The molecule has 0 aliphatic rings. The zero-order chi connectivity index (χ0) is 11.1. The van der Waals surface area contributed by atoms with E-state index in [-0.39, 0.29) is 0 Å². The molecule has 0 aliphatic heterocycles. The third-order valence-corrected chi connectivity index (χ3v) is 2.61. The highest BCUT2D eigenvalue weighted by Crippen LogP contribution is 2.15. The van der Waals surface area contributed by atoms with E-state index >= 15 is 0 Å². The van der Waals surface area contributed by atoms with E-state index in [1.807, 2.05) is 31.3 Å². The van der Waals surface area contributed by atoms with Gasteiger partial charge in [0.25, 0.3) is 0 Å². The maximum Gasteiger partial charge on any atom is 0.119 e. The predicted octanol–water partition coefficient (Wildman–Crippen LogP) is 3.11. The van der Waals surface area contributed by atoms with Crippen LogP contribution in [0, 0.1) is 0 Å². The van der Waals surface area contributed by atoms with Gasteiger partial charge in [-0.15, -0.1) is 0 Å². The van der Waals surface area contributed by atoms with Crippen LogP contribution in [0.15, 0.2) is 24.3 Å². The molecular formula is C12H18ClNO. The van der Waals surface area contributed by atoms with Gasteiger partial charge in [0.15, 0.2) is 0 Å². The van der Waals surface area contributed by atoms with Crippen molar-refractivity contribution < 1.29 is 4.74 Å². The highest BCUT2D eigenvalue weighted by atomic mass is 35.5. The Balaban J connectivity index is 2.17. The van der Waals surface area contributed by atoms with E-state index in [1.165, 1.54) is 0 Å². The zero-order valence-electron chi connectivity index (χ0n) is 9.29. The van der Waals surface area contributed by atoms with Gasteiger partial charge < -0.3 is 10.1 Å². The lowest BCUT2D eigenvalue weighted by Crippen LogP contribution is -2.21. The fraction of sp³-hybridized carbons (Fsp3) is 0.500. The first-order chi connectivity index (χ1) is 7.22. The molecule has 0 amide bonds. The Morgan fingerprint density at radius 3 is 2.60 bits per heavy atom. The van der Waals surface area contributed by atoms with E-state index in [1.54, 1.807) is 0 Å². The third kappa shape index (κ3) is 5.05. The number of halogens is 1. The van der Waals surface area contributed by atoms with Crippen LogP contribution in [0.3, 0.4) is 0 Å². The molecule has 1 unspecified atom stereocenters. The Hall–Kier alpha value is -0.730. The van der Waals surface area contributed by atoms with Crippen molar-refractivity contribution in [2.75, 3.05) is 13.7 Å². The minimum atomic E-state index is 0.554. The van der Waals surface area contributed by atoms with Gasteiger partial charge in [-0.05, 0) is 51.1 Å². The lowest BCUT2D eigenvalue weighted by Gasteiger charge is -2.10. The summed E-state index contributed by atoms with van der Waals surface area (Å²) in [5, 5.41) is 3.94. The maximum absolute atomic E-state index is 5.77. The second-order valence-corrected chi connectivity index (χ2v) is 4.07. The molecule has 1 aromatic carbocycles. The summed E-state index contributed by atoms with van der Waals surface area (Å²) in [7, 11) is 1.98.